The third-order valence-electron chi connectivity index (χ3n) is 2.29. The van der Waals surface area contributed by atoms with E-state index in [0.717, 1.165) is 11.3 Å². The van der Waals surface area contributed by atoms with Crippen molar-refractivity contribution in [1.29, 1.82) is 5.26 Å². The Morgan fingerprint density at radius 1 is 1.06 bits per heavy atom. The van der Waals surface area contributed by atoms with Crippen molar-refractivity contribution in [2.75, 3.05) is 5.43 Å². The first-order valence-electron chi connectivity index (χ1n) is 5.33. The zero-order valence-corrected chi connectivity index (χ0v) is 10.2. The van der Waals surface area contributed by atoms with Gasteiger partial charge in [-0.3, -0.25) is 5.43 Å². The number of hydrazone groups is 1. The zero-order chi connectivity index (χ0) is 12.8. The minimum absolute atomic E-state index is 0.627. The molecule has 1 N–H and O–H groups in total. The molecule has 0 saturated heterocycles. The lowest BCUT2D eigenvalue weighted by Gasteiger charge is -1.99. The van der Waals surface area contributed by atoms with E-state index in [0.29, 0.717) is 10.6 Å². The Bertz CT molecular complexity index is 580. The van der Waals surface area contributed by atoms with Crippen molar-refractivity contribution < 1.29 is 0 Å². The van der Waals surface area contributed by atoms with Crippen molar-refractivity contribution in [2.24, 2.45) is 5.10 Å². The standard InChI is InChI=1S/C14H10ClN3/c15-13-5-1-12(2-6-13)10-17-18-14-7-3-11(9-16)4-8-14/h1-8,10,18H/b17-10+. The van der Waals surface area contributed by atoms with E-state index in [1.807, 2.05) is 24.3 Å². The number of nitrogens with one attached hydrogen (secondary N) is 1. The van der Waals surface area contributed by atoms with Crippen LogP contribution in [0, 0.1) is 11.3 Å². The molecule has 0 amide bonds. The molecule has 0 heterocycles. The Labute approximate surface area is 110 Å². The number of anilines is 1. The van der Waals surface area contributed by atoms with E-state index in [2.05, 4.69) is 16.6 Å². The van der Waals surface area contributed by atoms with Gasteiger partial charge in [-0.25, -0.2) is 0 Å². The molecule has 0 radical (unpaired) electrons. The second-order valence-corrected chi connectivity index (χ2v) is 4.05. The first-order valence-corrected chi connectivity index (χ1v) is 5.70. The summed E-state index contributed by atoms with van der Waals surface area (Å²) in [6.07, 6.45) is 1.70. The van der Waals surface area contributed by atoms with E-state index in [1.165, 1.54) is 0 Å². The highest BCUT2D eigenvalue weighted by Crippen LogP contribution is 2.10. The van der Waals surface area contributed by atoms with E-state index in [1.54, 1.807) is 30.5 Å². The van der Waals surface area contributed by atoms with Crippen LogP contribution in [0.4, 0.5) is 5.69 Å². The van der Waals surface area contributed by atoms with Gasteiger partial charge in [0.05, 0.1) is 23.5 Å². The van der Waals surface area contributed by atoms with Gasteiger partial charge in [0, 0.05) is 5.02 Å². The quantitative estimate of drug-likeness (QED) is 0.672. The van der Waals surface area contributed by atoms with Crippen LogP contribution in [0.25, 0.3) is 0 Å². The van der Waals surface area contributed by atoms with Gasteiger partial charge in [0.1, 0.15) is 0 Å². The van der Waals surface area contributed by atoms with Crippen LogP contribution in [0.2, 0.25) is 5.02 Å². The summed E-state index contributed by atoms with van der Waals surface area (Å²) >= 11 is 5.78. The topological polar surface area (TPSA) is 48.2 Å². The fourth-order valence-corrected chi connectivity index (χ4v) is 1.48. The Hall–Kier alpha value is -2.31. The molecule has 2 aromatic rings. The van der Waals surface area contributed by atoms with Gasteiger partial charge >= 0.3 is 0 Å². The van der Waals surface area contributed by atoms with Crippen molar-refractivity contribution in [1.82, 2.24) is 0 Å². The van der Waals surface area contributed by atoms with Crippen LogP contribution in [0.15, 0.2) is 53.6 Å². The van der Waals surface area contributed by atoms with Crippen LogP contribution >= 0.6 is 11.6 Å². The van der Waals surface area contributed by atoms with Crippen LogP contribution < -0.4 is 5.43 Å². The summed E-state index contributed by atoms with van der Waals surface area (Å²) < 4.78 is 0. The van der Waals surface area contributed by atoms with Crippen molar-refractivity contribution in [2.45, 2.75) is 0 Å². The molecule has 0 aliphatic carbocycles. The molecule has 88 valence electrons. The molecule has 4 heteroatoms. The van der Waals surface area contributed by atoms with Gasteiger partial charge in [-0.05, 0) is 42.0 Å². The molecule has 0 aromatic heterocycles. The molecule has 0 spiro atoms. The van der Waals surface area contributed by atoms with E-state index in [-0.39, 0.29) is 0 Å². The number of nitrogens with zero attached hydrogens (tertiary/aromatic N) is 2. The highest BCUT2D eigenvalue weighted by molar-refractivity contribution is 6.30. The Morgan fingerprint density at radius 3 is 2.33 bits per heavy atom. The Balaban J connectivity index is 1.98. The van der Waals surface area contributed by atoms with E-state index >= 15 is 0 Å². The lowest BCUT2D eigenvalue weighted by atomic mass is 10.2. The molecule has 0 aliphatic rings. The molecule has 0 bridgehead atoms. The fourth-order valence-electron chi connectivity index (χ4n) is 1.35. The molecule has 0 fully saturated rings. The van der Waals surface area contributed by atoms with Gasteiger partial charge in [-0.1, -0.05) is 23.7 Å². The van der Waals surface area contributed by atoms with Crippen molar-refractivity contribution >= 4 is 23.5 Å². The SMILES string of the molecule is N#Cc1ccc(N/N=C/c2ccc(Cl)cc2)cc1. The second kappa shape index (κ2) is 5.85. The molecule has 3 nitrogen and oxygen atoms in total. The monoisotopic (exact) mass is 255 g/mol. The Kier molecular flexibility index (Phi) is 3.95. The van der Waals surface area contributed by atoms with Crippen molar-refractivity contribution in [3.05, 3.63) is 64.7 Å². The van der Waals surface area contributed by atoms with Gasteiger partial charge in [0.15, 0.2) is 0 Å². The lowest BCUT2D eigenvalue weighted by Crippen LogP contribution is -1.90. The average molecular weight is 256 g/mol. The first-order chi connectivity index (χ1) is 8.78. The van der Waals surface area contributed by atoms with E-state index in [4.69, 9.17) is 16.9 Å². The number of rotatable bonds is 3. The maximum absolute atomic E-state index is 8.66. The summed E-state index contributed by atoms with van der Waals surface area (Å²) in [5.41, 5.74) is 5.30. The van der Waals surface area contributed by atoms with Gasteiger partial charge < -0.3 is 0 Å². The largest absolute Gasteiger partial charge is 0.279 e. The Morgan fingerprint density at radius 2 is 1.72 bits per heavy atom. The van der Waals surface area contributed by atoms with Gasteiger partial charge in [0.2, 0.25) is 0 Å². The predicted octanol–water partition coefficient (Wildman–Crippen LogP) is 3.66. The summed E-state index contributed by atoms with van der Waals surface area (Å²) in [7, 11) is 0. The lowest BCUT2D eigenvalue weighted by molar-refractivity contribution is 1.34. The minimum atomic E-state index is 0.627. The summed E-state index contributed by atoms with van der Waals surface area (Å²) in [6.45, 7) is 0. The maximum Gasteiger partial charge on any atom is 0.0991 e. The van der Waals surface area contributed by atoms with Crippen LogP contribution in [0.1, 0.15) is 11.1 Å². The number of benzene rings is 2. The van der Waals surface area contributed by atoms with Gasteiger partial charge in [-0.15, -0.1) is 0 Å². The molecule has 18 heavy (non-hydrogen) atoms. The number of halogens is 1. The second-order valence-electron chi connectivity index (χ2n) is 3.61. The van der Waals surface area contributed by atoms with Crippen LogP contribution in [0.5, 0.6) is 0 Å². The summed E-state index contributed by atoms with van der Waals surface area (Å²) in [5, 5.41) is 13.5. The molecule has 0 saturated carbocycles. The van der Waals surface area contributed by atoms with Crippen LogP contribution in [0.3, 0.4) is 0 Å². The summed E-state index contributed by atoms with van der Waals surface area (Å²) in [5.74, 6) is 0. The zero-order valence-electron chi connectivity index (χ0n) is 9.47. The minimum Gasteiger partial charge on any atom is -0.279 e. The highest BCUT2D eigenvalue weighted by atomic mass is 35.5. The molecule has 2 rings (SSSR count). The first kappa shape index (κ1) is 12.2. The van der Waals surface area contributed by atoms with Gasteiger partial charge in [-0.2, -0.15) is 10.4 Å². The molecule has 2 aromatic carbocycles. The van der Waals surface area contributed by atoms with Crippen molar-refractivity contribution in [3.8, 4) is 6.07 Å². The number of hydrogen-bond donors (Lipinski definition) is 1. The molecule has 0 unspecified atom stereocenters. The number of nitriles is 1. The third-order valence-corrected chi connectivity index (χ3v) is 2.54. The van der Waals surface area contributed by atoms with E-state index in [9.17, 15) is 0 Å². The van der Waals surface area contributed by atoms with Gasteiger partial charge in [0.25, 0.3) is 0 Å². The van der Waals surface area contributed by atoms with Crippen LogP contribution in [-0.4, -0.2) is 6.21 Å². The number of hydrogen-bond acceptors (Lipinski definition) is 3. The predicted molar refractivity (Wildman–Crippen MR) is 73.8 cm³/mol. The van der Waals surface area contributed by atoms with E-state index < -0.39 is 0 Å². The summed E-state index contributed by atoms with van der Waals surface area (Å²) in [4.78, 5) is 0. The molecule has 0 atom stereocenters. The van der Waals surface area contributed by atoms with Crippen molar-refractivity contribution in [3.63, 3.8) is 0 Å². The third kappa shape index (κ3) is 3.34. The molecular formula is C14H10ClN3. The van der Waals surface area contributed by atoms with Crippen LogP contribution in [-0.2, 0) is 0 Å². The molecular weight excluding hydrogens is 246 g/mol. The maximum atomic E-state index is 8.66. The summed E-state index contributed by atoms with van der Waals surface area (Å²) in [6, 6.07) is 16.5. The molecule has 0 aliphatic heterocycles. The highest BCUT2D eigenvalue weighted by Gasteiger charge is 1.91. The average Bonchev–Trinajstić information content (AvgIpc) is 2.42. The fraction of sp³-hybridized carbons (Fsp3) is 0. The smallest absolute Gasteiger partial charge is 0.0991 e. The normalized spacial score (nSPS) is 10.2.